The minimum atomic E-state index is -0.734. The van der Waals surface area contributed by atoms with E-state index in [0.717, 1.165) is 0 Å². The van der Waals surface area contributed by atoms with Gasteiger partial charge in [0.2, 0.25) is 5.95 Å². The van der Waals surface area contributed by atoms with Crippen molar-refractivity contribution in [3.63, 3.8) is 0 Å². The minimum Gasteiger partial charge on any atom is -0.479 e. The van der Waals surface area contributed by atoms with E-state index in [2.05, 4.69) is 9.97 Å². The molecule has 2 heterocycles. The molecule has 148 valence electrons. The Labute approximate surface area is 164 Å². The number of hydrogen-bond acceptors (Lipinski definition) is 7. The fourth-order valence-corrected chi connectivity index (χ4v) is 2.89. The molecule has 1 amide bonds. The molecule has 8 heteroatoms. The number of benzene rings is 1. The van der Waals surface area contributed by atoms with Gasteiger partial charge in [-0.15, -0.1) is 0 Å². The molecule has 1 aliphatic rings. The summed E-state index contributed by atoms with van der Waals surface area (Å²) in [5.41, 5.74) is 0. The molecule has 1 aromatic heterocycles. The zero-order chi connectivity index (χ0) is 19.8. The smallest absolute Gasteiger partial charge is 0.347 e. The number of piperazine rings is 1. The predicted molar refractivity (Wildman–Crippen MR) is 103 cm³/mol. The molecule has 0 unspecified atom stereocenters. The van der Waals surface area contributed by atoms with E-state index in [1.807, 2.05) is 30.0 Å². The summed E-state index contributed by atoms with van der Waals surface area (Å²) in [5, 5.41) is 0. The Bertz CT molecular complexity index is 764. The van der Waals surface area contributed by atoms with Crippen molar-refractivity contribution in [2.75, 3.05) is 37.7 Å². The summed E-state index contributed by atoms with van der Waals surface area (Å²) < 4.78 is 10.8. The third-order valence-electron chi connectivity index (χ3n) is 4.46. The highest BCUT2D eigenvalue weighted by atomic mass is 16.6. The number of para-hydroxylation sites is 1. The first-order valence-electron chi connectivity index (χ1n) is 9.35. The second-order valence-corrected chi connectivity index (χ2v) is 6.35. The summed E-state index contributed by atoms with van der Waals surface area (Å²) >= 11 is 0. The summed E-state index contributed by atoms with van der Waals surface area (Å²) in [6.45, 7) is 3.90. The molecule has 1 atom stereocenters. The number of nitrogens with zero attached hydrogens (tertiary/aromatic N) is 4. The Morgan fingerprint density at radius 2 is 1.71 bits per heavy atom. The van der Waals surface area contributed by atoms with Crippen molar-refractivity contribution in [2.24, 2.45) is 0 Å². The topological polar surface area (TPSA) is 84.9 Å². The van der Waals surface area contributed by atoms with Gasteiger partial charge >= 0.3 is 5.97 Å². The molecule has 1 saturated heterocycles. The van der Waals surface area contributed by atoms with Crippen molar-refractivity contribution < 1.29 is 19.1 Å². The van der Waals surface area contributed by atoms with Crippen molar-refractivity contribution >= 4 is 17.8 Å². The molecule has 0 spiro atoms. The van der Waals surface area contributed by atoms with E-state index < -0.39 is 12.1 Å². The molecule has 0 aliphatic carbocycles. The highest BCUT2D eigenvalue weighted by Crippen LogP contribution is 2.14. The Morgan fingerprint density at radius 1 is 1.04 bits per heavy atom. The van der Waals surface area contributed by atoms with Crippen LogP contribution in [-0.2, 0) is 14.3 Å². The lowest BCUT2D eigenvalue weighted by Gasteiger charge is -2.34. The van der Waals surface area contributed by atoms with Crippen LogP contribution in [0.2, 0.25) is 0 Å². The zero-order valence-corrected chi connectivity index (χ0v) is 15.9. The first-order chi connectivity index (χ1) is 13.7. The number of amides is 1. The fraction of sp³-hybridized carbons (Fsp3) is 0.400. The number of ether oxygens (including phenoxy) is 2. The van der Waals surface area contributed by atoms with Crippen LogP contribution in [0.15, 0.2) is 48.8 Å². The molecule has 0 radical (unpaired) electrons. The number of aromatic nitrogens is 2. The number of rotatable bonds is 7. The first kappa shape index (κ1) is 19.6. The molecule has 0 bridgehead atoms. The molecule has 1 fully saturated rings. The van der Waals surface area contributed by atoms with Crippen LogP contribution in [0, 0.1) is 0 Å². The normalized spacial score (nSPS) is 15.0. The third-order valence-corrected chi connectivity index (χ3v) is 4.46. The van der Waals surface area contributed by atoms with E-state index in [-0.39, 0.29) is 12.5 Å². The van der Waals surface area contributed by atoms with Gasteiger partial charge in [0.15, 0.2) is 12.7 Å². The van der Waals surface area contributed by atoms with E-state index in [1.54, 1.807) is 35.5 Å². The van der Waals surface area contributed by atoms with Crippen LogP contribution in [0.4, 0.5) is 5.95 Å². The monoisotopic (exact) mass is 384 g/mol. The summed E-state index contributed by atoms with van der Waals surface area (Å²) in [5.74, 6) is 0.509. The molecule has 3 rings (SSSR count). The Hall–Kier alpha value is -3.16. The minimum absolute atomic E-state index is 0.212. The third kappa shape index (κ3) is 5.18. The summed E-state index contributed by atoms with van der Waals surface area (Å²) in [4.78, 5) is 36.8. The lowest BCUT2D eigenvalue weighted by molar-refractivity contribution is -0.158. The Morgan fingerprint density at radius 3 is 2.36 bits per heavy atom. The lowest BCUT2D eigenvalue weighted by Crippen LogP contribution is -2.50. The van der Waals surface area contributed by atoms with Gasteiger partial charge in [-0.05, 0) is 24.6 Å². The molecular formula is C20H24N4O4. The van der Waals surface area contributed by atoms with E-state index in [1.165, 1.54) is 0 Å². The molecule has 1 aromatic carbocycles. The fourth-order valence-electron chi connectivity index (χ4n) is 2.89. The number of esters is 1. The highest BCUT2D eigenvalue weighted by Gasteiger charge is 2.25. The Kier molecular flexibility index (Phi) is 6.78. The van der Waals surface area contributed by atoms with Crippen molar-refractivity contribution in [3.05, 3.63) is 48.8 Å². The standard InChI is InChI=1S/C20H24N4O4/c1-2-17(28-16-7-4-3-5-8-16)19(26)27-15-18(25)23-11-13-24(14-12-23)20-21-9-6-10-22-20/h3-10,17H,2,11-15H2,1H3/t17-/m1/s1. The molecule has 8 nitrogen and oxygen atoms in total. The average Bonchev–Trinajstić information content (AvgIpc) is 2.77. The number of anilines is 1. The summed E-state index contributed by atoms with van der Waals surface area (Å²) in [6.07, 6.45) is 3.11. The van der Waals surface area contributed by atoms with Gasteiger partial charge in [-0.1, -0.05) is 25.1 Å². The molecule has 28 heavy (non-hydrogen) atoms. The second-order valence-electron chi connectivity index (χ2n) is 6.35. The predicted octanol–water partition coefficient (Wildman–Crippen LogP) is 1.53. The largest absolute Gasteiger partial charge is 0.479 e. The van der Waals surface area contributed by atoms with Gasteiger partial charge in [-0.2, -0.15) is 0 Å². The lowest BCUT2D eigenvalue weighted by atomic mass is 10.2. The van der Waals surface area contributed by atoms with Crippen molar-refractivity contribution in [3.8, 4) is 5.75 Å². The van der Waals surface area contributed by atoms with Gasteiger partial charge in [0.1, 0.15) is 5.75 Å². The highest BCUT2D eigenvalue weighted by molar-refractivity contribution is 5.82. The van der Waals surface area contributed by atoms with Gasteiger partial charge < -0.3 is 19.3 Å². The SMILES string of the molecule is CC[C@@H](Oc1ccccc1)C(=O)OCC(=O)N1CCN(c2ncccn2)CC1. The van der Waals surface area contributed by atoms with E-state index in [4.69, 9.17) is 9.47 Å². The van der Waals surface area contributed by atoms with Crippen molar-refractivity contribution in [2.45, 2.75) is 19.4 Å². The maximum atomic E-state index is 12.4. The van der Waals surface area contributed by atoms with Crippen LogP contribution in [0.5, 0.6) is 5.75 Å². The molecule has 0 N–H and O–H groups in total. The maximum absolute atomic E-state index is 12.4. The second kappa shape index (κ2) is 9.68. The van der Waals surface area contributed by atoms with Gasteiger partial charge in [-0.25, -0.2) is 14.8 Å². The van der Waals surface area contributed by atoms with Gasteiger partial charge in [0.05, 0.1) is 0 Å². The van der Waals surface area contributed by atoms with Crippen LogP contribution in [0.1, 0.15) is 13.3 Å². The number of carbonyl (C=O) groups is 2. The zero-order valence-electron chi connectivity index (χ0n) is 15.9. The van der Waals surface area contributed by atoms with Crippen LogP contribution in [0.25, 0.3) is 0 Å². The van der Waals surface area contributed by atoms with Crippen molar-refractivity contribution in [1.82, 2.24) is 14.9 Å². The van der Waals surface area contributed by atoms with Crippen molar-refractivity contribution in [1.29, 1.82) is 0 Å². The Balaban J connectivity index is 1.44. The number of hydrogen-bond donors (Lipinski definition) is 0. The van der Waals surface area contributed by atoms with Gasteiger partial charge in [0, 0.05) is 38.6 Å². The van der Waals surface area contributed by atoms with Crippen LogP contribution < -0.4 is 9.64 Å². The van der Waals surface area contributed by atoms with Crippen LogP contribution in [-0.4, -0.2) is 65.6 Å². The summed E-state index contributed by atoms with van der Waals surface area (Å²) in [7, 11) is 0. The quantitative estimate of drug-likeness (QED) is 0.669. The molecule has 2 aromatic rings. The van der Waals surface area contributed by atoms with E-state index >= 15 is 0 Å². The first-order valence-corrected chi connectivity index (χ1v) is 9.35. The van der Waals surface area contributed by atoms with E-state index in [9.17, 15) is 9.59 Å². The van der Waals surface area contributed by atoms with Crippen LogP contribution >= 0.6 is 0 Å². The maximum Gasteiger partial charge on any atom is 0.347 e. The van der Waals surface area contributed by atoms with Gasteiger partial charge in [-0.3, -0.25) is 4.79 Å². The molecule has 1 aliphatic heterocycles. The number of carbonyl (C=O) groups excluding carboxylic acids is 2. The van der Waals surface area contributed by atoms with E-state index in [0.29, 0.717) is 44.3 Å². The molecule has 0 saturated carbocycles. The summed E-state index contributed by atoms with van der Waals surface area (Å²) in [6, 6.07) is 10.8. The molecular weight excluding hydrogens is 360 g/mol. The average molecular weight is 384 g/mol. The van der Waals surface area contributed by atoms with Gasteiger partial charge in [0.25, 0.3) is 5.91 Å². The van der Waals surface area contributed by atoms with Crippen LogP contribution in [0.3, 0.4) is 0 Å².